The minimum Gasteiger partial charge on any atom is -0.465 e. The fourth-order valence-electron chi connectivity index (χ4n) is 2.57. The third kappa shape index (κ3) is 3.83. The first kappa shape index (κ1) is 15.0. The molecule has 1 atom stereocenters. The van der Waals surface area contributed by atoms with Gasteiger partial charge in [0.2, 0.25) is 5.91 Å². The van der Waals surface area contributed by atoms with Crippen LogP contribution in [0.4, 0.5) is 0 Å². The van der Waals surface area contributed by atoms with Gasteiger partial charge in [-0.15, -0.1) is 0 Å². The van der Waals surface area contributed by atoms with Gasteiger partial charge in [-0.25, -0.2) is 0 Å². The molecule has 2 heterocycles. The van der Waals surface area contributed by atoms with E-state index in [1.54, 1.807) is 18.4 Å². The van der Waals surface area contributed by atoms with Gasteiger partial charge in [0.25, 0.3) is 0 Å². The highest BCUT2D eigenvalue weighted by atomic mass is 32.2. The summed E-state index contributed by atoms with van der Waals surface area (Å²) in [6, 6.07) is 14.2. The van der Waals surface area contributed by atoms with Crippen molar-refractivity contribution in [2.75, 3.05) is 18.8 Å². The van der Waals surface area contributed by atoms with Crippen LogP contribution in [0.3, 0.4) is 0 Å². The Kier molecular flexibility index (Phi) is 5.01. The first-order chi connectivity index (χ1) is 10.8. The van der Waals surface area contributed by atoms with Crippen molar-refractivity contribution in [1.82, 2.24) is 4.90 Å². The van der Waals surface area contributed by atoms with Gasteiger partial charge >= 0.3 is 0 Å². The fourth-order valence-corrected chi connectivity index (χ4v) is 3.80. The van der Waals surface area contributed by atoms with E-state index >= 15 is 0 Å². The molecule has 2 aromatic rings. The lowest BCUT2D eigenvalue weighted by Gasteiger charge is -2.18. The number of nitrogens with zero attached hydrogens (tertiary/aromatic N) is 1. The molecule has 1 amide bonds. The zero-order valence-corrected chi connectivity index (χ0v) is 13.2. The summed E-state index contributed by atoms with van der Waals surface area (Å²) >= 11 is 1.94. The molecule has 1 aliphatic heterocycles. The van der Waals surface area contributed by atoms with E-state index < -0.39 is 0 Å². The normalized spacial score (nSPS) is 19.3. The highest BCUT2D eigenvalue weighted by Gasteiger charge is 2.20. The molecule has 0 aliphatic carbocycles. The number of benzene rings is 1. The average molecular weight is 313 g/mol. The summed E-state index contributed by atoms with van der Waals surface area (Å²) in [5, 5.41) is 0.480. The Hall–Kier alpha value is -1.94. The number of amides is 1. The van der Waals surface area contributed by atoms with E-state index in [-0.39, 0.29) is 5.91 Å². The van der Waals surface area contributed by atoms with E-state index in [0.717, 1.165) is 25.3 Å². The van der Waals surface area contributed by atoms with Crippen molar-refractivity contribution in [2.24, 2.45) is 0 Å². The van der Waals surface area contributed by atoms with Gasteiger partial charge in [-0.05, 0) is 30.2 Å². The Morgan fingerprint density at radius 3 is 2.82 bits per heavy atom. The summed E-state index contributed by atoms with van der Waals surface area (Å²) in [6.45, 7) is 1.60. The second-order valence-corrected chi connectivity index (χ2v) is 6.54. The standard InChI is InChI=1S/C18H19NO2S/c20-18(9-8-16-7-4-13-21-16)19-11-10-17(22-14-12-19)15-5-2-1-3-6-15/h1-9,13,17H,10-12,14H2. The molecule has 1 unspecified atom stereocenters. The summed E-state index contributed by atoms with van der Waals surface area (Å²) in [5.74, 6) is 1.74. The van der Waals surface area contributed by atoms with E-state index in [9.17, 15) is 4.79 Å². The predicted octanol–water partition coefficient (Wildman–Crippen LogP) is 4.00. The van der Waals surface area contributed by atoms with Crippen LogP contribution in [0.2, 0.25) is 0 Å². The molecule has 0 radical (unpaired) electrons. The topological polar surface area (TPSA) is 33.5 Å². The molecule has 1 saturated heterocycles. The van der Waals surface area contributed by atoms with Crippen LogP contribution >= 0.6 is 11.8 Å². The third-order valence-electron chi connectivity index (χ3n) is 3.76. The largest absolute Gasteiger partial charge is 0.465 e. The van der Waals surface area contributed by atoms with Crippen molar-refractivity contribution >= 4 is 23.7 Å². The first-order valence-electron chi connectivity index (χ1n) is 7.50. The van der Waals surface area contributed by atoms with E-state index in [0.29, 0.717) is 11.0 Å². The second-order valence-electron chi connectivity index (χ2n) is 5.23. The smallest absolute Gasteiger partial charge is 0.246 e. The van der Waals surface area contributed by atoms with Crippen LogP contribution in [-0.2, 0) is 4.79 Å². The average Bonchev–Trinajstić information content (AvgIpc) is 2.96. The number of carbonyl (C=O) groups is 1. The lowest BCUT2D eigenvalue weighted by Crippen LogP contribution is -2.31. The Balaban J connectivity index is 1.59. The first-order valence-corrected chi connectivity index (χ1v) is 8.55. The molecule has 114 valence electrons. The van der Waals surface area contributed by atoms with Gasteiger partial charge in [0.05, 0.1) is 6.26 Å². The molecule has 1 fully saturated rings. The Morgan fingerprint density at radius 2 is 2.05 bits per heavy atom. The Bertz CT molecular complexity index is 622. The van der Waals surface area contributed by atoms with Crippen molar-refractivity contribution in [2.45, 2.75) is 11.7 Å². The number of hydrogen-bond donors (Lipinski definition) is 0. The van der Waals surface area contributed by atoms with Gasteiger partial charge < -0.3 is 9.32 Å². The number of thioether (sulfide) groups is 1. The molecule has 4 heteroatoms. The maximum atomic E-state index is 12.3. The molecule has 1 aromatic heterocycles. The zero-order valence-electron chi connectivity index (χ0n) is 12.4. The van der Waals surface area contributed by atoms with Crippen LogP contribution < -0.4 is 0 Å². The lowest BCUT2D eigenvalue weighted by atomic mass is 10.1. The van der Waals surface area contributed by atoms with Crippen LogP contribution in [-0.4, -0.2) is 29.6 Å². The molecule has 0 bridgehead atoms. The van der Waals surface area contributed by atoms with Crippen LogP contribution in [0.25, 0.3) is 6.08 Å². The second kappa shape index (κ2) is 7.36. The summed E-state index contributed by atoms with van der Waals surface area (Å²) in [7, 11) is 0. The highest BCUT2D eigenvalue weighted by Crippen LogP contribution is 2.34. The van der Waals surface area contributed by atoms with Crippen molar-refractivity contribution in [1.29, 1.82) is 0 Å². The SMILES string of the molecule is O=C(C=Cc1ccco1)N1CCSC(c2ccccc2)CC1. The molecular formula is C18H19NO2S. The van der Waals surface area contributed by atoms with Crippen LogP contribution in [0, 0.1) is 0 Å². The molecule has 1 aromatic carbocycles. The molecule has 0 saturated carbocycles. The van der Waals surface area contributed by atoms with Gasteiger partial charge in [-0.3, -0.25) is 4.79 Å². The summed E-state index contributed by atoms with van der Waals surface area (Å²) in [6.07, 6.45) is 5.94. The number of rotatable bonds is 3. The predicted molar refractivity (Wildman–Crippen MR) is 90.6 cm³/mol. The van der Waals surface area contributed by atoms with Crippen LogP contribution in [0.1, 0.15) is 23.0 Å². The minimum atomic E-state index is 0.0608. The summed E-state index contributed by atoms with van der Waals surface area (Å²) < 4.78 is 5.21. The fraction of sp³-hybridized carbons (Fsp3) is 0.278. The van der Waals surface area contributed by atoms with Gasteiger partial charge in [-0.1, -0.05) is 30.3 Å². The monoisotopic (exact) mass is 313 g/mol. The van der Waals surface area contributed by atoms with Gasteiger partial charge in [0.15, 0.2) is 0 Å². The number of carbonyl (C=O) groups excluding carboxylic acids is 1. The zero-order chi connectivity index (χ0) is 15.2. The van der Waals surface area contributed by atoms with Gasteiger partial charge in [-0.2, -0.15) is 11.8 Å². The maximum absolute atomic E-state index is 12.3. The molecule has 3 nitrogen and oxygen atoms in total. The highest BCUT2D eigenvalue weighted by molar-refractivity contribution is 7.99. The molecule has 3 rings (SSSR count). The van der Waals surface area contributed by atoms with Crippen molar-refractivity contribution < 1.29 is 9.21 Å². The lowest BCUT2D eigenvalue weighted by molar-refractivity contribution is -0.125. The quantitative estimate of drug-likeness (QED) is 0.803. The van der Waals surface area contributed by atoms with Crippen molar-refractivity contribution in [3.63, 3.8) is 0 Å². The minimum absolute atomic E-state index is 0.0608. The van der Waals surface area contributed by atoms with E-state index in [2.05, 4.69) is 24.3 Å². The number of hydrogen-bond acceptors (Lipinski definition) is 3. The van der Waals surface area contributed by atoms with Gasteiger partial charge in [0.1, 0.15) is 5.76 Å². The maximum Gasteiger partial charge on any atom is 0.246 e. The van der Waals surface area contributed by atoms with Crippen LogP contribution in [0.5, 0.6) is 0 Å². The van der Waals surface area contributed by atoms with Crippen LogP contribution in [0.15, 0.2) is 59.2 Å². The third-order valence-corrected chi connectivity index (χ3v) is 5.09. The Morgan fingerprint density at radius 1 is 1.18 bits per heavy atom. The van der Waals surface area contributed by atoms with E-state index in [1.807, 2.05) is 34.9 Å². The van der Waals surface area contributed by atoms with Crippen molar-refractivity contribution in [3.8, 4) is 0 Å². The van der Waals surface area contributed by atoms with E-state index in [4.69, 9.17) is 4.42 Å². The molecule has 1 aliphatic rings. The summed E-state index contributed by atoms with van der Waals surface area (Å²) in [4.78, 5) is 14.2. The molecule has 0 spiro atoms. The molecular weight excluding hydrogens is 294 g/mol. The molecule has 22 heavy (non-hydrogen) atoms. The van der Waals surface area contributed by atoms with Gasteiger partial charge in [0, 0.05) is 30.2 Å². The number of furan rings is 1. The summed E-state index contributed by atoms with van der Waals surface area (Å²) in [5.41, 5.74) is 1.35. The van der Waals surface area contributed by atoms with E-state index in [1.165, 1.54) is 5.56 Å². The Labute approximate surface area is 135 Å². The van der Waals surface area contributed by atoms with Crippen molar-refractivity contribution in [3.05, 3.63) is 66.1 Å². The molecule has 0 N–H and O–H groups in total.